The zero-order chi connectivity index (χ0) is 17.4. The monoisotopic (exact) mass is 330 g/mol. The van der Waals surface area contributed by atoms with E-state index in [0.29, 0.717) is 11.7 Å². The highest BCUT2D eigenvalue weighted by Crippen LogP contribution is 2.36. The largest absolute Gasteiger partial charge is 0.335 e. The zero-order valence-electron chi connectivity index (χ0n) is 15.3. The van der Waals surface area contributed by atoms with Gasteiger partial charge in [0.15, 0.2) is 0 Å². The Labute approximate surface area is 145 Å². The van der Waals surface area contributed by atoms with E-state index < -0.39 is 0 Å². The number of hydrogen-bond donors (Lipinski definition) is 3. The number of nitrogens with one attached hydrogen (secondary N) is 3. The van der Waals surface area contributed by atoms with Crippen molar-refractivity contribution in [1.82, 2.24) is 15.6 Å². The molecule has 1 aliphatic carbocycles. The van der Waals surface area contributed by atoms with Crippen LogP contribution >= 0.6 is 0 Å². The summed E-state index contributed by atoms with van der Waals surface area (Å²) in [6.07, 6.45) is 7.56. The molecule has 132 valence electrons. The minimum atomic E-state index is -0.169. The van der Waals surface area contributed by atoms with Gasteiger partial charge in [0.2, 0.25) is 0 Å². The Morgan fingerprint density at radius 2 is 1.83 bits per heavy atom. The topological polar surface area (TPSA) is 66.0 Å². The Kier molecular flexibility index (Phi) is 4.56. The van der Waals surface area contributed by atoms with E-state index in [1.807, 2.05) is 12.3 Å². The molecular formula is C19H30N4O. The molecule has 3 N–H and O–H groups in total. The van der Waals surface area contributed by atoms with Gasteiger partial charge in [-0.25, -0.2) is 9.78 Å². The summed E-state index contributed by atoms with van der Waals surface area (Å²) in [5.41, 5.74) is 1.32. The maximum atomic E-state index is 12.3. The van der Waals surface area contributed by atoms with Crippen LogP contribution in [0.2, 0.25) is 0 Å². The molecule has 2 aliphatic rings. The van der Waals surface area contributed by atoms with E-state index in [9.17, 15) is 4.79 Å². The highest BCUT2D eigenvalue weighted by molar-refractivity contribution is 5.88. The minimum Gasteiger partial charge on any atom is -0.335 e. The van der Waals surface area contributed by atoms with Crippen LogP contribution in [0, 0.1) is 0 Å². The molecule has 0 aromatic carbocycles. The molecule has 5 heteroatoms. The van der Waals surface area contributed by atoms with Gasteiger partial charge in [-0.05, 0) is 70.9 Å². The molecule has 1 saturated heterocycles. The third-order valence-electron chi connectivity index (χ3n) is 5.13. The smallest absolute Gasteiger partial charge is 0.320 e. The second kappa shape index (κ2) is 6.36. The summed E-state index contributed by atoms with van der Waals surface area (Å²) in [6, 6.07) is 3.98. The fourth-order valence-corrected chi connectivity index (χ4v) is 4.22. The van der Waals surface area contributed by atoms with Crippen LogP contribution in [-0.2, 0) is 0 Å². The van der Waals surface area contributed by atoms with Crippen molar-refractivity contribution in [2.75, 3.05) is 5.32 Å². The van der Waals surface area contributed by atoms with Crippen LogP contribution in [0.4, 0.5) is 10.6 Å². The lowest BCUT2D eigenvalue weighted by molar-refractivity contribution is 0.149. The Morgan fingerprint density at radius 3 is 2.33 bits per heavy atom. The molecule has 5 nitrogen and oxygen atoms in total. The summed E-state index contributed by atoms with van der Waals surface area (Å²) >= 11 is 0. The van der Waals surface area contributed by atoms with Crippen molar-refractivity contribution in [1.29, 1.82) is 0 Å². The summed E-state index contributed by atoms with van der Waals surface area (Å²) < 4.78 is 0. The summed E-state index contributed by atoms with van der Waals surface area (Å²) in [4.78, 5) is 16.7. The Balaban J connectivity index is 1.55. The molecule has 24 heavy (non-hydrogen) atoms. The summed E-state index contributed by atoms with van der Waals surface area (Å²) in [5, 5.41) is 9.60. The molecule has 2 heterocycles. The third kappa shape index (κ3) is 4.26. The zero-order valence-corrected chi connectivity index (χ0v) is 15.3. The molecule has 1 aliphatic heterocycles. The number of piperidine rings is 1. The quantitative estimate of drug-likeness (QED) is 0.790. The Hall–Kier alpha value is -1.62. The van der Waals surface area contributed by atoms with Crippen molar-refractivity contribution in [3.05, 3.63) is 23.9 Å². The van der Waals surface area contributed by atoms with Crippen LogP contribution in [-0.4, -0.2) is 28.1 Å². The van der Waals surface area contributed by atoms with E-state index in [0.717, 1.165) is 12.8 Å². The maximum absolute atomic E-state index is 12.3. The van der Waals surface area contributed by atoms with Gasteiger partial charge in [0, 0.05) is 23.3 Å². The van der Waals surface area contributed by atoms with Crippen LogP contribution in [0.3, 0.4) is 0 Å². The molecule has 1 aromatic heterocycles. The lowest BCUT2D eigenvalue weighted by Crippen LogP contribution is -2.62. The number of nitrogens with zero attached hydrogens (tertiary/aromatic N) is 1. The van der Waals surface area contributed by atoms with Crippen LogP contribution in [0.15, 0.2) is 18.3 Å². The summed E-state index contributed by atoms with van der Waals surface area (Å²) in [7, 11) is 0. The predicted octanol–water partition coefficient (Wildman–Crippen LogP) is 3.78. The van der Waals surface area contributed by atoms with E-state index >= 15 is 0 Å². The van der Waals surface area contributed by atoms with Gasteiger partial charge in [0.05, 0.1) is 0 Å². The van der Waals surface area contributed by atoms with Crippen molar-refractivity contribution in [2.45, 2.75) is 82.8 Å². The van der Waals surface area contributed by atoms with Crippen molar-refractivity contribution < 1.29 is 4.79 Å². The maximum Gasteiger partial charge on any atom is 0.320 e. The number of rotatable bonds is 3. The first-order valence-electron chi connectivity index (χ1n) is 9.05. The molecule has 1 saturated carbocycles. The first kappa shape index (κ1) is 17.2. The van der Waals surface area contributed by atoms with E-state index in [-0.39, 0.29) is 23.2 Å². The van der Waals surface area contributed by atoms with Crippen molar-refractivity contribution in [3.63, 3.8) is 0 Å². The molecule has 0 bridgehead atoms. The third-order valence-corrected chi connectivity index (χ3v) is 5.13. The minimum absolute atomic E-state index is 0.0162. The fraction of sp³-hybridized carbons (Fsp3) is 0.684. The molecule has 2 fully saturated rings. The highest BCUT2D eigenvalue weighted by atomic mass is 16.2. The summed E-state index contributed by atoms with van der Waals surface area (Å²) in [5.74, 6) is 1.28. The molecule has 2 amide bonds. The van der Waals surface area contributed by atoms with Gasteiger partial charge in [-0.2, -0.15) is 0 Å². The number of carbonyl (C=O) groups is 1. The average molecular weight is 330 g/mol. The number of urea groups is 1. The second-order valence-electron chi connectivity index (χ2n) is 8.70. The Morgan fingerprint density at radius 1 is 1.17 bits per heavy atom. The van der Waals surface area contributed by atoms with Crippen molar-refractivity contribution >= 4 is 11.8 Å². The Bertz CT molecular complexity index is 574. The number of carbonyl (C=O) groups excluding carboxylic acids is 1. The first-order chi connectivity index (χ1) is 11.2. The fourth-order valence-electron chi connectivity index (χ4n) is 4.22. The standard InChI is InChI=1S/C19H30N4O/c1-18(2)10-15(11-19(3,4)23-18)21-17(24)22-16-9-8-14(12-20-16)13-6-5-7-13/h8-9,12-13,15,23H,5-7,10-11H2,1-4H3,(H2,20,21,22,24). The molecular weight excluding hydrogens is 300 g/mol. The molecule has 0 spiro atoms. The predicted molar refractivity (Wildman–Crippen MR) is 97.3 cm³/mol. The van der Waals surface area contributed by atoms with Crippen LogP contribution in [0.5, 0.6) is 0 Å². The molecule has 3 rings (SSSR count). The first-order valence-corrected chi connectivity index (χ1v) is 9.05. The van der Waals surface area contributed by atoms with Gasteiger partial charge in [-0.15, -0.1) is 0 Å². The van der Waals surface area contributed by atoms with E-state index in [2.05, 4.69) is 54.7 Å². The molecule has 0 unspecified atom stereocenters. The SMILES string of the molecule is CC1(C)CC(NC(=O)Nc2ccc(C3CCC3)cn2)CC(C)(C)N1. The van der Waals surface area contributed by atoms with Gasteiger partial charge < -0.3 is 10.6 Å². The van der Waals surface area contributed by atoms with Crippen LogP contribution in [0.1, 0.15) is 71.3 Å². The van der Waals surface area contributed by atoms with Crippen molar-refractivity contribution in [3.8, 4) is 0 Å². The van der Waals surface area contributed by atoms with Crippen LogP contribution in [0.25, 0.3) is 0 Å². The normalized spacial score (nSPS) is 23.3. The highest BCUT2D eigenvalue weighted by Gasteiger charge is 2.38. The number of aromatic nitrogens is 1. The summed E-state index contributed by atoms with van der Waals surface area (Å²) in [6.45, 7) is 8.73. The van der Waals surface area contributed by atoms with Gasteiger partial charge >= 0.3 is 6.03 Å². The van der Waals surface area contributed by atoms with E-state index in [4.69, 9.17) is 0 Å². The lowest BCUT2D eigenvalue weighted by Gasteiger charge is -2.46. The number of pyridine rings is 1. The van der Waals surface area contributed by atoms with E-state index in [1.165, 1.54) is 24.8 Å². The van der Waals surface area contributed by atoms with Gasteiger partial charge in [0.25, 0.3) is 0 Å². The number of amides is 2. The van der Waals surface area contributed by atoms with Gasteiger partial charge in [0.1, 0.15) is 5.82 Å². The second-order valence-corrected chi connectivity index (χ2v) is 8.70. The average Bonchev–Trinajstić information content (AvgIpc) is 2.34. The van der Waals surface area contributed by atoms with E-state index in [1.54, 1.807) is 0 Å². The molecule has 0 atom stereocenters. The van der Waals surface area contributed by atoms with Gasteiger partial charge in [-0.1, -0.05) is 12.5 Å². The number of anilines is 1. The van der Waals surface area contributed by atoms with Crippen LogP contribution < -0.4 is 16.0 Å². The van der Waals surface area contributed by atoms with Crippen molar-refractivity contribution in [2.24, 2.45) is 0 Å². The number of hydrogen-bond acceptors (Lipinski definition) is 3. The molecule has 1 aromatic rings. The van der Waals surface area contributed by atoms with Gasteiger partial charge in [-0.3, -0.25) is 5.32 Å². The lowest BCUT2D eigenvalue weighted by atomic mass is 9.80. The molecule has 0 radical (unpaired) electrons.